The van der Waals surface area contributed by atoms with E-state index in [0.29, 0.717) is 24.4 Å². The first-order chi connectivity index (χ1) is 20.0. The van der Waals surface area contributed by atoms with E-state index in [1.165, 1.54) is 28.8 Å². The number of ether oxygens (including phenoxy) is 1. The molecule has 220 valence electrons. The van der Waals surface area contributed by atoms with Crippen molar-refractivity contribution in [3.8, 4) is 16.9 Å². The lowest BCUT2D eigenvalue weighted by Gasteiger charge is -2.24. The molecule has 0 aliphatic carbocycles. The summed E-state index contributed by atoms with van der Waals surface area (Å²) < 4.78 is 74.9. The van der Waals surface area contributed by atoms with E-state index in [1.807, 2.05) is 37.3 Å². The predicted octanol–water partition coefficient (Wildman–Crippen LogP) is 5.67. The Kier molecular flexibility index (Phi) is 8.48. The standard InChI is InChI=1S/C30H29F3N4O4S/c1-21-9-15-26(16-10-21)42(39,40)36(18-25-8-5-17-41-25)20-28(38)35-29-34-27(22-6-3-2-4-7-22)19-37(29)24-13-11-23(12-14-24)30(31,32)33/h2-4,6-7,9-16,19,25H,5,8,17-18,20H2,1H3,(H,34,35,38)/t25-/m0/s1. The summed E-state index contributed by atoms with van der Waals surface area (Å²) in [6.45, 7) is 1.83. The first kappa shape index (κ1) is 29.5. The fraction of sp³-hybridized carbons (Fsp3) is 0.267. The molecule has 1 aliphatic heterocycles. The number of carbonyl (C=O) groups is 1. The molecule has 1 saturated heterocycles. The fourth-order valence-corrected chi connectivity index (χ4v) is 6.10. The van der Waals surface area contributed by atoms with Crippen LogP contribution in [0.3, 0.4) is 0 Å². The minimum atomic E-state index is -4.50. The van der Waals surface area contributed by atoms with Crippen LogP contribution in [-0.2, 0) is 25.7 Å². The molecule has 1 atom stereocenters. The number of halogens is 3. The first-order valence-electron chi connectivity index (χ1n) is 13.3. The molecule has 1 aliphatic rings. The smallest absolute Gasteiger partial charge is 0.377 e. The van der Waals surface area contributed by atoms with E-state index in [-0.39, 0.29) is 23.5 Å². The summed E-state index contributed by atoms with van der Waals surface area (Å²) in [7, 11) is -4.05. The Morgan fingerprint density at radius 2 is 1.74 bits per heavy atom. The number of amides is 1. The topological polar surface area (TPSA) is 93.5 Å². The van der Waals surface area contributed by atoms with Crippen LogP contribution in [0, 0.1) is 6.92 Å². The van der Waals surface area contributed by atoms with Crippen molar-refractivity contribution in [3.05, 3.63) is 96.2 Å². The third-order valence-electron chi connectivity index (χ3n) is 6.91. The largest absolute Gasteiger partial charge is 0.416 e. The molecule has 1 amide bonds. The highest BCUT2D eigenvalue weighted by atomic mass is 32.2. The van der Waals surface area contributed by atoms with Crippen LogP contribution in [0.4, 0.5) is 19.1 Å². The van der Waals surface area contributed by atoms with Gasteiger partial charge in [0, 0.05) is 30.6 Å². The number of hydrogen-bond donors (Lipinski definition) is 1. The number of alkyl halides is 3. The fourth-order valence-electron chi connectivity index (χ4n) is 4.67. The molecule has 8 nitrogen and oxygen atoms in total. The number of hydrogen-bond acceptors (Lipinski definition) is 5. The number of rotatable bonds is 9. The van der Waals surface area contributed by atoms with Crippen molar-refractivity contribution in [3.63, 3.8) is 0 Å². The molecule has 0 radical (unpaired) electrons. The van der Waals surface area contributed by atoms with E-state index in [1.54, 1.807) is 18.3 Å². The highest BCUT2D eigenvalue weighted by Crippen LogP contribution is 2.31. The zero-order chi connectivity index (χ0) is 29.9. The number of aromatic nitrogens is 2. The van der Waals surface area contributed by atoms with Gasteiger partial charge in [-0.1, -0.05) is 48.0 Å². The van der Waals surface area contributed by atoms with Crippen molar-refractivity contribution < 1.29 is 31.1 Å². The van der Waals surface area contributed by atoms with Gasteiger partial charge >= 0.3 is 6.18 Å². The van der Waals surface area contributed by atoms with E-state index in [2.05, 4.69) is 10.3 Å². The maximum atomic E-state index is 13.6. The van der Waals surface area contributed by atoms with Gasteiger partial charge in [-0.05, 0) is 56.2 Å². The second-order valence-electron chi connectivity index (χ2n) is 10.0. The number of sulfonamides is 1. The van der Waals surface area contributed by atoms with Crippen molar-refractivity contribution in [1.82, 2.24) is 13.9 Å². The Balaban J connectivity index is 1.45. The van der Waals surface area contributed by atoms with Crippen molar-refractivity contribution >= 4 is 21.9 Å². The average molecular weight is 599 g/mol. The third kappa shape index (κ3) is 6.72. The lowest BCUT2D eigenvalue weighted by molar-refractivity contribution is -0.137. The maximum Gasteiger partial charge on any atom is 0.416 e. The number of benzene rings is 3. The van der Waals surface area contributed by atoms with E-state index < -0.39 is 34.2 Å². The molecular weight excluding hydrogens is 569 g/mol. The second kappa shape index (κ2) is 12.1. The molecule has 1 aromatic heterocycles. The summed E-state index contributed by atoms with van der Waals surface area (Å²) >= 11 is 0. The second-order valence-corrected chi connectivity index (χ2v) is 12.0. The van der Waals surface area contributed by atoms with Gasteiger partial charge < -0.3 is 4.74 Å². The molecule has 3 aromatic carbocycles. The van der Waals surface area contributed by atoms with E-state index in [9.17, 15) is 26.4 Å². The zero-order valence-corrected chi connectivity index (χ0v) is 23.5. The number of nitrogens with one attached hydrogen (secondary N) is 1. The summed E-state index contributed by atoms with van der Waals surface area (Å²) in [4.78, 5) is 18.0. The Morgan fingerprint density at radius 1 is 1.05 bits per heavy atom. The van der Waals surface area contributed by atoms with Gasteiger partial charge in [0.15, 0.2) is 0 Å². The summed E-state index contributed by atoms with van der Waals surface area (Å²) in [6, 6.07) is 19.9. The van der Waals surface area contributed by atoms with Crippen molar-refractivity contribution in [2.75, 3.05) is 25.0 Å². The van der Waals surface area contributed by atoms with Gasteiger partial charge in [-0.3, -0.25) is 14.7 Å². The van der Waals surface area contributed by atoms with Gasteiger partial charge in [-0.15, -0.1) is 0 Å². The van der Waals surface area contributed by atoms with Gasteiger partial charge in [0.05, 0.1) is 28.8 Å². The summed E-state index contributed by atoms with van der Waals surface area (Å²) in [5.41, 5.74) is 1.60. The van der Waals surface area contributed by atoms with Crippen LogP contribution in [-0.4, -0.2) is 54.0 Å². The Morgan fingerprint density at radius 3 is 2.36 bits per heavy atom. The Labute approximate surface area is 241 Å². The first-order valence-corrected chi connectivity index (χ1v) is 14.8. The Hall–Kier alpha value is -4.00. The van der Waals surface area contributed by atoms with Gasteiger partial charge in [0.1, 0.15) is 0 Å². The SMILES string of the molecule is Cc1ccc(S(=O)(=O)N(CC(=O)Nc2nc(-c3ccccc3)cn2-c2ccc(C(F)(F)F)cc2)C[C@@H]2CCCO2)cc1. The van der Waals surface area contributed by atoms with E-state index in [4.69, 9.17) is 4.74 Å². The molecular formula is C30H29F3N4O4S. The molecule has 42 heavy (non-hydrogen) atoms. The van der Waals surface area contributed by atoms with Crippen LogP contribution in [0.1, 0.15) is 24.0 Å². The van der Waals surface area contributed by atoms with Crippen molar-refractivity contribution in [1.29, 1.82) is 0 Å². The normalized spacial score (nSPS) is 15.7. The molecule has 0 bridgehead atoms. The lowest BCUT2D eigenvalue weighted by Crippen LogP contribution is -2.42. The summed E-state index contributed by atoms with van der Waals surface area (Å²) in [6.07, 6.45) is -1.80. The van der Waals surface area contributed by atoms with Crippen LogP contribution < -0.4 is 5.32 Å². The maximum absolute atomic E-state index is 13.6. The van der Waals surface area contributed by atoms with Crippen LogP contribution in [0.5, 0.6) is 0 Å². The van der Waals surface area contributed by atoms with E-state index >= 15 is 0 Å². The number of nitrogens with zero attached hydrogens (tertiary/aromatic N) is 3. The molecule has 0 spiro atoms. The third-order valence-corrected chi connectivity index (χ3v) is 8.74. The highest BCUT2D eigenvalue weighted by molar-refractivity contribution is 7.89. The van der Waals surface area contributed by atoms with Gasteiger partial charge in [-0.2, -0.15) is 17.5 Å². The quantitative estimate of drug-likeness (QED) is 0.268. The van der Waals surface area contributed by atoms with Gasteiger partial charge in [0.25, 0.3) is 0 Å². The van der Waals surface area contributed by atoms with Crippen LogP contribution >= 0.6 is 0 Å². The minimum Gasteiger partial charge on any atom is -0.377 e. The van der Waals surface area contributed by atoms with Gasteiger partial charge in [0.2, 0.25) is 21.9 Å². The molecule has 0 saturated carbocycles. The highest BCUT2D eigenvalue weighted by Gasteiger charge is 2.32. The molecule has 1 N–H and O–H groups in total. The number of carbonyl (C=O) groups excluding carboxylic acids is 1. The minimum absolute atomic E-state index is 0.00770. The van der Waals surface area contributed by atoms with E-state index in [0.717, 1.165) is 34.0 Å². The Bertz CT molecular complexity index is 1630. The number of anilines is 1. The molecule has 4 aromatic rings. The summed E-state index contributed by atoms with van der Waals surface area (Å²) in [5.74, 6) is -0.634. The molecule has 5 rings (SSSR count). The summed E-state index contributed by atoms with van der Waals surface area (Å²) in [5, 5.41) is 2.68. The van der Waals surface area contributed by atoms with Crippen molar-refractivity contribution in [2.24, 2.45) is 0 Å². The number of aryl methyl sites for hydroxylation is 1. The molecule has 0 unspecified atom stereocenters. The average Bonchev–Trinajstić information content (AvgIpc) is 3.63. The molecule has 1 fully saturated rings. The van der Waals surface area contributed by atoms with Crippen LogP contribution in [0.15, 0.2) is 90.0 Å². The van der Waals surface area contributed by atoms with Gasteiger partial charge in [-0.25, -0.2) is 13.4 Å². The predicted molar refractivity (Wildman–Crippen MR) is 152 cm³/mol. The zero-order valence-electron chi connectivity index (χ0n) is 22.7. The molecule has 12 heteroatoms. The number of imidazole rings is 1. The van der Waals surface area contributed by atoms with Crippen molar-refractivity contribution in [2.45, 2.75) is 36.9 Å². The van der Waals surface area contributed by atoms with Crippen LogP contribution in [0.2, 0.25) is 0 Å². The lowest BCUT2D eigenvalue weighted by atomic mass is 10.2. The molecule has 2 heterocycles. The monoisotopic (exact) mass is 598 g/mol. The van der Waals surface area contributed by atoms with Crippen LogP contribution in [0.25, 0.3) is 16.9 Å².